The molecule has 1 aromatic rings. The molecule has 2 atom stereocenters. The minimum atomic E-state index is 0.0326. The summed E-state index contributed by atoms with van der Waals surface area (Å²) < 4.78 is 0. The molecule has 2 rings (SSSR count). The Morgan fingerprint density at radius 1 is 1.62 bits per heavy atom. The number of aromatic nitrogens is 1. The molecule has 0 radical (unpaired) electrons. The van der Waals surface area contributed by atoms with Crippen molar-refractivity contribution in [2.45, 2.75) is 18.5 Å². The maximum atomic E-state index is 6.15. The Kier molecular flexibility index (Phi) is 3.88. The molecule has 4 heteroatoms. The van der Waals surface area contributed by atoms with Gasteiger partial charge in [0.2, 0.25) is 0 Å². The molecule has 1 fully saturated rings. The molecular weight excluding hydrogens is 200 g/mol. The molecule has 0 spiro atoms. The van der Waals surface area contributed by atoms with E-state index >= 15 is 0 Å². The molecule has 1 saturated heterocycles. The van der Waals surface area contributed by atoms with Gasteiger partial charge in [0.05, 0.1) is 5.69 Å². The van der Waals surface area contributed by atoms with Crippen molar-refractivity contribution in [3.63, 3.8) is 0 Å². The van der Waals surface area contributed by atoms with Gasteiger partial charge in [-0.25, -0.2) is 0 Å². The molecule has 4 nitrogen and oxygen atoms in total. The highest BCUT2D eigenvalue weighted by Crippen LogP contribution is 2.14. The van der Waals surface area contributed by atoms with Gasteiger partial charge in [0, 0.05) is 37.9 Å². The summed E-state index contributed by atoms with van der Waals surface area (Å²) in [5.41, 5.74) is 7.13. The third-order valence-electron chi connectivity index (χ3n) is 3.06. The van der Waals surface area contributed by atoms with Crippen LogP contribution in [0.15, 0.2) is 24.4 Å². The molecule has 0 aromatic carbocycles. The number of hydrogen-bond acceptors (Lipinski definition) is 4. The van der Waals surface area contributed by atoms with E-state index in [1.165, 1.54) is 0 Å². The fourth-order valence-electron chi connectivity index (χ4n) is 2.17. The minimum absolute atomic E-state index is 0.0326. The maximum absolute atomic E-state index is 6.15. The smallest absolute Gasteiger partial charge is 0.0571 e. The Morgan fingerprint density at radius 3 is 3.19 bits per heavy atom. The number of nitrogens with zero attached hydrogens (tertiary/aromatic N) is 2. The van der Waals surface area contributed by atoms with Crippen LogP contribution in [-0.4, -0.2) is 42.6 Å². The molecule has 2 unspecified atom stereocenters. The number of nitrogens with two attached hydrogens (primary N) is 1. The zero-order valence-corrected chi connectivity index (χ0v) is 9.76. The second kappa shape index (κ2) is 5.39. The SMILES string of the molecule is CN1CCNC(CC(N)c2ccccn2)C1. The van der Waals surface area contributed by atoms with Crippen molar-refractivity contribution in [1.29, 1.82) is 0 Å². The zero-order valence-electron chi connectivity index (χ0n) is 9.76. The van der Waals surface area contributed by atoms with Gasteiger partial charge in [0.15, 0.2) is 0 Å². The van der Waals surface area contributed by atoms with Crippen LogP contribution in [-0.2, 0) is 0 Å². The summed E-state index contributed by atoms with van der Waals surface area (Å²) in [6.07, 6.45) is 2.75. The van der Waals surface area contributed by atoms with Crippen molar-refractivity contribution >= 4 is 0 Å². The predicted molar refractivity (Wildman–Crippen MR) is 65.1 cm³/mol. The first-order chi connectivity index (χ1) is 7.75. The van der Waals surface area contributed by atoms with E-state index < -0.39 is 0 Å². The number of nitrogens with one attached hydrogen (secondary N) is 1. The highest BCUT2D eigenvalue weighted by molar-refractivity contribution is 5.08. The topological polar surface area (TPSA) is 54.2 Å². The quantitative estimate of drug-likeness (QED) is 0.773. The Balaban J connectivity index is 1.89. The second-order valence-electron chi connectivity index (χ2n) is 4.51. The normalized spacial score (nSPS) is 24.2. The van der Waals surface area contributed by atoms with Crippen LogP contribution in [0.4, 0.5) is 0 Å². The molecule has 3 N–H and O–H groups in total. The van der Waals surface area contributed by atoms with E-state index in [0.717, 1.165) is 31.7 Å². The second-order valence-corrected chi connectivity index (χ2v) is 4.51. The highest BCUT2D eigenvalue weighted by atomic mass is 15.2. The van der Waals surface area contributed by atoms with Crippen LogP contribution in [0.25, 0.3) is 0 Å². The highest BCUT2D eigenvalue weighted by Gasteiger charge is 2.19. The van der Waals surface area contributed by atoms with Crippen LogP contribution in [0.3, 0.4) is 0 Å². The van der Waals surface area contributed by atoms with Crippen molar-refractivity contribution in [1.82, 2.24) is 15.2 Å². The van der Waals surface area contributed by atoms with E-state index in [9.17, 15) is 0 Å². The first-order valence-electron chi connectivity index (χ1n) is 5.84. The van der Waals surface area contributed by atoms with Crippen molar-refractivity contribution in [2.24, 2.45) is 5.73 Å². The van der Waals surface area contributed by atoms with Crippen LogP contribution in [0.5, 0.6) is 0 Å². The fraction of sp³-hybridized carbons (Fsp3) is 0.583. The number of rotatable bonds is 3. The largest absolute Gasteiger partial charge is 0.323 e. The number of pyridine rings is 1. The van der Waals surface area contributed by atoms with Crippen LogP contribution >= 0.6 is 0 Å². The summed E-state index contributed by atoms with van der Waals surface area (Å²) in [5.74, 6) is 0. The molecule has 0 saturated carbocycles. The van der Waals surface area contributed by atoms with Gasteiger partial charge in [0.1, 0.15) is 0 Å². The summed E-state index contributed by atoms with van der Waals surface area (Å²) >= 11 is 0. The third kappa shape index (κ3) is 3.01. The molecule has 0 aliphatic carbocycles. The van der Waals surface area contributed by atoms with Gasteiger partial charge < -0.3 is 16.0 Å². The lowest BCUT2D eigenvalue weighted by Crippen LogP contribution is -2.50. The summed E-state index contributed by atoms with van der Waals surface area (Å²) in [6, 6.07) is 6.42. The van der Waals surface area contributed by atoms with E-state index in [1.807, 2.05) is 18.2 Å². The van der Waals surface area contributed by atoms with Gasteiger partial charge in [-0.05, 0) is 25.6 Å². The van der Waals surface area contributed by atoms with Gasteiger partial charge in [-0.2, -0.15) is 0 Å². The monoisotopic (exact) mass is 220 g/mol. The summed E-state index contributed by atoms with van der Waals surface area (Å²) in [6.45, 7) is 3.24. The molecule has 1 aliphatic heterocycles. The van der Waals surface area contributed by atoms with Crippen molar-refractivity contribution in [3.8, 4) is 0 Å². The van der Waals surface area contributed by atoms with Crippen molar-refractivity contribution in [2.75, 3.05) is 26.7 Å². The van der Waals surface area contributed by atoms with E-state index in [-0.39, 0.29) is 6.04 Å². The Labute approximate surface area is 96.8 Å². The lowest BCUT2D eigenvalue weighted by molar-refractivity contribution is 0.225. The van der Waals surface area contributed by atoms with Crippen LogP contribution < -0.4 is 11.1 Å². The number of hydrogen-bond donors (Lipinski definition) is 2. The maximum Gasteiger partial charge on any atom is 0.0571 e. The van der Waals surface area contributed by atoms with Gasteiger partial charge >= 0.3 is 0 Å². The standard InChI is InChI=1S/C12H20N4/c1-16-7-6-14-10(9-16)8-11(13)12-4-2-3-5-15-12/h2-5,10-11,14H,6-9,13H2,1H3. The summed E-state index contributed by atoms with van der Waals surface area (Å²) in [5, 5.41) is 3.50. The average Bonchev–Trinajstić information content (AvgIpc) is 2.30. The fourth-order valence-corrected chi connectivity index (χ4v) is 2.17. The van der Waals surface area contributed by atoms with E-state index in [0.29, 0.717) is 6.04 Å². The molecule has 1 aliphatic rings. The summed E-state index contributed by atoms with van der Waals surface area (Å²) in [7, 11) is 2.15. The van der Waals surface area contributed by atoms with Crippen molar-refractivity contribution in [3.05, 3.63) is 30.1 Å². The molecule has 16 heavy (non-hydrogen) atoms. The molecular formula is C12H20N4. The number of likely N-dealkylation sites (N-methyl/N-ethyl adjacent to an activating group) is 1. The Hall–Kier alpha value is -0.970. The molecule has 0 amide bonds. The Morgan fingerprint density at radius 2 is 2.50 bits per heavy atom. The minimum Gasteiger partial charge on any atom is -0.323 e. The van der Waals surface area contributed by atoms with E-state index in [1.54, 1.807) is 6.20 Å². The Bertz CT molecular complexity index is 314. The van der Waals surface area contributed by atoms with E-state index in [4.69, 9.17) is 5.73 Å². The van der Waals surface area contributed by atoms with Gasteiger partial charge in [-0.1, -0.05) is 6.07 Å². The predicted octanol–water partition coefficient (Wildman–Crippen LogP) is 0.375. The lowest BCUT2D eigenvalue weighted by atomic mass is 10.0. The van der Waals surface area contributed by atoms with E-state index in [2.05, 4.69) is 22.2 Å². The molecule has 1 aromatic heterocycles. The average molecular weight is 220 g/mol. The van der Waals surface area contributed by atoms with Crippen molar-refractivity contribution < 1.29 is 0 Å². The number of piperazine rings is 1. The van der Waals surface area contributed by atoms with Gasteiger partial charge in [0.25, 0.3) is 0 Å². The molecule has 88 valence electrons. The molecule has 2 heterocycles. The van der Waals surface area contributed by atoms with Crippen LogP contribution in [0.2, 0.25) is 0 Å². The van der Waals surface area contributed by atoms with Crippen LogP contribution in [0.1, 0.15) is 18.2 Å². The van der Waals surface area contributed by atoms with Crippen LogP contribution in [0, 0.1) is 0 Å². The zero-order chi connectivity index (χ0) is 11.4. The molecule has 0 bridgehead atoms. The van der Waals surface area contributed by atoms with Gasteiger partial charge in [-0.15, -0.1) is 0 Å². The lowest BCUT2D eigenvalue weighted by Gasteiger charge is -2.32. The summed E-state index contributed by atoms with van der Waals surface area (Å²) in [4.78, 5) is 6.64. The first kappa shape index (κ1) is 11.5. The first-order valence-corrected chi connectivity index (χ1v) is 5.84. The van der Waals surface area contributed by atoms with Gasteiger partial charge in [-0.3, -0.25) is 4.98 Å². The third-order valence-corrected chi connectivity index (χ3v) is 3.06.